The quantitative estimate of drug-likeness (QED) is 0.857. The molecule has 1 aromatic heterocycles. The van der Waals surface area contributed by atoms with Gasteiger partial charge in [0.1, 0.15) is 0 Å². The predicted octanol–water partition coefficient (Wildman–Crippen LogP) is 3.19. The van der Waals surface area contributed by atoms with Crippen molar-refractivity contribution in [2.24, 2.45) is 5.92 Å². The summed E-state index contributed by atoms with van der Waals surface area (Å²) in [7, 11) is 0. The van der Waals surface area contributed by atoms with Crippen LogP contribution in [0.25, 0.3) is 0 Å². The summed E-state index contributed by atoms with van der Waals surface area (Å²) < 4.78 is 5.47. The normalized spacial score (nSPS) is 14.7. The van der Waals surface area contributed by atoms with Crippen LogP contribution in [-0.4, -0.2) is 17.3 Å². The largest absolute Gasteiger partial charge is 0.457 e. The molecule has 1 heterocycles. The monoisotopic (exact) mass is 337 g/mol. The molecular weight excluding hydrogens is 326 g/mol. The number of furan rings is 1. The summed E-state index contributed by atoms with van der Waals surface area (Å²) in [6.07, 6.45) is 1.48. The highest BCUT2D eigenvalue weighted by molar-refractivity contribution is 9.10. The van der Waals surface area contributed by atoms with Crippen molar-refractivity contribution in [2.75, 3.05) is 5.33 Å². The lowest BCUT2D eigenvalue weighted by molar-refractivity contribution is 0.0929. The number of amides is 1. The summed E-state index contributed by atoms with van der Waals surface area (Å²) in [4.78, 5) is 11.7. The van der Waals surface area contributed by atoms with Gasteiger partial charge in [0.05, 0.1) is 11.8 Å². The third-order valence-electron chi connectivity index (χ3n) is 2.32. The van der Waals surface area contributed by atoms with E-state index in [-0.39, 0.29) is 11.9 Å². The van der Waals surface area contributed by atoms with Crippen molar-refractivity contribution < 1.29 is 9.21 Å². The zero-order valence-corrected chi connectivity index (χ0v) is 11.8. The molecule has 0 aliphatic rings. The van der Waals surface area contributed by atoms with Crippen LogP contribution in [0.15, 0.2) is 21.4 Å². The van der Waals surface area contributed by atoms with Gasteiger partial charge in [-0.25, -0.2) is 0 Å². The lowest BCUT2D eigenvalue weighted by Crippen LogP contribution is -2.37. The number of halogens is 2. The van der Waals surface area contributed by atoms with E-state index in [1.807, 2.05) is 6.92 Å². The summed E-state index contributed by atoms with van der Waals surface area (Å²) in [5.41, 5.74) is 0.531. The summed E-state index contributed by atoms with van der Waals surface area (Å²) >= 11 is 6.56. The minimum Gasteiger partial charge on any atom is -0.457 e. The van der Waals surface area contributed by atoms with E-state index in [1.54, 1.807) is 6.07 Å². The smallest absolute Gasteiger partial charge is 0.255 e. The Morgan fingerprint density at radius 1 is 1.60 bits per heavy atom. The zero-order valence-electron chi connectivity index (χ0n) is 8.59. The summed E-state index contributed by atoms with van der Waals surface area (Å²) in [6, 6.07) is 1.77. The van der Waals surface area contributed by atoms with Gasteiger partial charge in [0.2, 0.25) is 0 Å². The molecule has 1 aromatic rings. The maximum absolute atomic E-state index is 11.7. The van der Waals surface area contributed by atoms with Crippen molar-refractivity contribution in [1.82, 2.24) is 5.32 Å². The average molecular weight is 339 g/mol. The molecule has 2 unspecified atom stereocenters. The molecule has 0 saturated heterocycles. The van der Waals surface area contributed by atoms with Gasteiger partial charge in [0.15, 0.2) is 4.67 Å². The third-order valence-corrected chi connectivity index (χ3v) is 3.95. The van der Waals surface area contributed by atoms with Crippen LogP contribution >= 0.6 is 31.9 Å². The first-order chi connectivity index (χ1) is 7.06. The van der Waals surface area contributed by atoms with Gasteiger partial charge >= 0.3 is 0 Å². The molecule has 0 spiro atoms. The molecule has 3 nitrogen and oxygen atoms in total. The first-order valence-electron chi connectivity index (χ1n) is 4.66. The number of carbonyl (C=O) groups is 1. The lowest BCUT2D eigenvalue weighted by Gasteiger charge is -2.18. The van der Waals surface area contributed by atoms with Crippen molar-refractivity contribution in [3.63, 3.8) is 0 Å². The number of alkyl halides is 1. The van der Waals surface area contributed by atoms with E-state index in [9.17, 15) is 4.79 Å². The van der Waals surface area contributed by atoms with Crippen molar-refractivity contribution in [3.8, 4) is 0 Å². The van der Waals surface area contributed by atoms with Gasteiger partial charge in [0, 0.05) is 11.4 Å². The van der Waals surface area contributed by atoms with Crippen LogP contribution in [0.3, 0.4) is 0 Å². The van der Waals surface area contributed by atoms with Gasteiger partial charge in [-0.05, 0) is 34.8 Å². The fourth-order valence-electron chi connectivity index (χ4n) is 1.02. The number of nitrogens with one attached hydrogen (secondary N) is 1. The minimum atomic E-state index is -0.115. The van der Waals surface area contributed by atoms with Crippen molar-refractivity contribution in [1.29, 1.82) is 0 Å². The molecule has 0 aromatic carbocycles. The van der Waals surface area contributed by atoms with Crippen molar-refractivity contribution in [2.45, 2.75) is 19.9 Å². The van der Waals surface area contributed by atoms with E-state index in [2.05, 4.69) is 44.1 Å². The van der Waals surface area contributed by atoms with E-state index >= 15 is 0 Å². The number of rotatable bonds is 4. The molecule has 1 N–H and O–H groups in total. The average Bonchev–Trinajstić information content (AvgIpc) is 2.63. The van der Waals surface area contributed by atoms with Crippen LogP contribution in [-0.2, 0) is 0 Å². The Hall–Kier alpha value is -0.290. The van der Waals surface area contributed by atoms with Gasteiger partial charge in [-0.1, -0.05) is 22.9 Å². The Morgan fingerprint density at radius 2 is 2.27 bits per heavy atom. The molecule has 0 bridgehead atoms. The molecule has 1 rings (SSSR count). The third kappa shape index (κ3) is 3.34. The SMILES string of the molecule is CC(CBr)C(C)NC(=O)c1ccoc1Br. The van der Waals surface area contributed by atoms with E-state index in [0.717, 1.165) is 5.33 Å². The second kappa shape index (κ2) is 5.70. The number of carbonyl (C=O) groups excluding carboxylic acids is 1. The molecule has 0 aliphatic carbocycles. The van der Waals surface area contributed by atoms with Crippen LogP contribution in [0.1, 0.15) is 24.2 Å². The molecule has 0 radical (unpaired) electrons. The predicted molar refractivity (Wildman–Crippen MR) is 66.3 cm³/mol. The maximum atomic E-state index is 11.7. The number of hydrogen-bond acceptors (Lipinski definition) is 2. The van der Waals surface area contributed by atoms with E-state index < -0.39 is 0 Å². The number of hydrogen-bond donors (Lipinski definition) is 1. The van der Waals surface area contributed by atoms with Gasteiger partial charge in [-0.15, -0.1) is 0 Å². The second-order valence-corrected chi connectivity index (χ2v) is 4.87. The Balaban J connectivity index is 2.60. The molecule has 0 saturated carbocycles. The Labute approximate surface area is 106 Å². The fourth-order valence-corrected chi connectivity index (χ4v) is 2.00. The van der Waals surface area contributed by atoms with Crippen LogP contribution in [0.4, 0.5) is 0 Å². The first kappa shape index (κ1) is 12.8. The standard InChI is InChI=1S/C10H13Br2NO2/c1-6(5-11)7(2)13-10(14)8-3-4-15-9(8)12/h3-4,6-7H,5H2,1-2H3,(H,13,14). The summed E-state index contributed by atoms with van der Waals surface area (Å²) in [6.45, 7) is 4.06. The highest BCUT2D eigenvalue weighted by Gasteiger charge is 2.17. The van der Waals surface area contributed by atoms with Crippen LogP contribution in [0, 0.1) is 5.92 Å². The van der Waals surface area contributed by atoms with Crippen LogP contribution < -0.4 is 5.32 Å². The zero-order chi connectivity index (χ0) is 11.4. The van der Waals surface area contributed by atoms with E-state index in [4.69, 9.17) is 4.42 Å². The highest BCUT2D eigenvalue weighted by Crippen LogP contribution is 2.17. The molecule has 0 aliphatic heterocycles. The highest BCUT2D eigenvalue weighted by atomic mass is 79.9. The van der Waals surface area contributed by atoms with Gasteiger partial charge < -0.3 is 9.73 Å². The molecule has 5 heteroatoms. The molecule has 2 atom stereocenters. The van der Waals surface area contributed by atoms with E-state index in [1.165, 1.54) is 6.26 Å². The Morgan fingerprint density at radius 3 is 2.73 bits per heavy atom. The molecule has 1 amide bonds. The lowest BCUT2D eigenvalue weighted by atomic mass is 10.1. The topological polar surface area (TPSA) is 42.2 Å². The Bertz CT molecular complexity index is 338. The molecule has 0 fully saturated rings. The van der Waals surface area contributed by atoms with Crippen molar-refractivity contribution >= 4 is 37.8 Å². The van der Waals surface area contributed by atoms with Crippen LogP contribution in [0.5, 0.6) is 0 Å². The van der Waals surface area contributed by atoms with Gasteiger partial charge in [-0.2, -0.15) is 0 Å². The van der Waals surface area contributed by atoms with Crippen molar-refractivity contribution in [3.05, 3.63) is 22.6 Å². The molecular formula is C10H13Br2NO2. The van der Waals surface area contributed by atoms with Crippen LogP contribution in [0.2, 0.25) is 0 Å². The Kier molecular flexibility index (Phi) is 4.86. The molecule has 15 heavy (non-hydrogen) atoms. The minimum absolute atomic E-state index is 0.115. The summed E-state index contributed by atoms with van der Waals surface area (Å²) in [5.74, 6) is 0.274. The van der Waals surface area contributed by atoms with E-state index in [0.29, 0.717) is 16.2 Å². The maximum Gasteiger partial charge on any atom is 0.255 e. The summed E-state index contributed by atoms with van der Waals surface area (Å²) in [5, 5.41) is 3.78. The fraction of sp³-hybridized carbons (Fsp3) is 0.500. The molecule has 84 valence electrons. The second-order valence-electron chi connectivity index (χ2n) is 3.50. The van der Waals surface area contributed by atoms with Gasteiger partial charge in [0.25, 0.3) is 5.91 Å². The first-order valence-corrected chi connectivity index (χ1v) is 6.57. The van der Waals surface area contributed by atoms with Gasteiger partial charge in [-0.3, -0.25) is 4.79 Å².